The van der Waals surface area contributed by atoms with Gasteiger partial charge in [0.1, 0.15) is 5.69 Å². The van der Waals surface area contributed by atoms with E-state index in [1.807, 2.05) is 41.3 Å². The minimum absolute atomic E-state index is 0.137. The maximum atomic E-state index is 12.9. The number of H-pyrrole nitrogens is 1. The van der Waals surface area contributed by atoms with Gasteiger partial charge in [0.25, 0.3) is 0 Å². The third kappa shape index (κ3) is 3.20. The van der Waals surface area contributed by atoms with Crippen LogP contribution in [0.2, 0.25) is 0 Å². The Morgan fingerprint density at radius 1 is 1.10 bits per heavy atom. The number of benzene rings is 2. The van der Waals surface area contributed by atoms with E-state index in [-0.39, 0.29) is 5.91 Å². The fourth-order valence-electron chi connectivity index (χ4n) is 4.11. The van der Waals surface area contributed by atoms with Crippen LogP contribution in [0.4, 0.5) is 0 Å². The van der Waals surface area contributed by atoms with Crippen molar-refractivity contribution in [2.45, 2.75) is 25.8 Å². The zero-order valence-corrected chi connectivity index (χ0v) is 16.3. The maximum absolute atomic E-state index is 12.9. The predicted molar refractivity (Wildman–Crippen MR) is 112 cm³/mol. The van der Waals surface area contributed by atoms with Crippen LogP contribution in [0.5, 0.6) is 5.88 Å². The Labute approximate surface area is 168 Å². The first-order chi connectivity index (χ1) is 14.2. The van der Waals surface area contributed by atoms with Gasteiger partial charge < -0.3 is 14.6 Å². The van der Waals surface area contributed by atoms with Gasteiger partial charge in [0.05, 0.1) is 18.1 Å². The molecule has 0 unspecified atom stereocenters. The molecule has 1 aliphatic rings. The van der Waals surface area contributed by atoms with Crippen molar-refractivity contribution in [3.05, 3.63) is 65.5 Å². The molecule has 3 heterocycles. The number of para-hydroxylation sites is 3. The first-order valence-electron chi connectivity index (χ1n) is 9.89. The van der Waals surface area contributed by atoms with Crippen molar-refractivity contribution in [2.75, 3.05) is 13.7 Å². The van der Waals surface area contributed by atoms with Crippen molar-refractivity contribution in [3.63, 3.8) is 0 Å². The Kier molecular flexibility index (Phi) is 4.39. The minimum atomic E-state index is 0.137. The number of nitrogens with zero attached hydrogens (tertiary/aromatic N) is 3. The normalized spacial score (nSPS) is 13.6. The zero-order chi connectivity index (χ0) is 19.8. The molecule has 0 saturated heterocycles. The van der Waals surface area contributed by atoms with Crippen molar-refractivity contribution in [3.8, 4) is 5.88 Å². The highest BCUT2D eigenvalue weighted by Gasteiger charge is 2.24. The van der Waals surface area contributed by atoms with Gasteiger partial charge in [-0.2, -0.15) is 0 Å². The van der Waals surface area contributed by atoms with Crippen LogP contribution in [0, 0.1) is 0 Å². The number of hydrogen-bond acceptors (Lipinski definition) is 4. The van der Waals surface area contributed by atoms with Crippen LogP contribution < -0.4 is 4.74 Å². The van der Waals surface area contributed by atoms with E-state index < -0.39 is 0 Å². The highest BCUT2D eigenvalue weighted by atomic mass is 16.5. The van der Waals surface area contributed by atoms with E-state index in [1.165, 1.54) is 16.6 Å². The van der Waals surface area contributed by atoms with E-state index in [0.29, 0.717) is 25.3 Å². The lowest BCUT2D eigenvalue weighted by Gasteiger charge is -2.27. The Bertz CT molecular complexity index is 1210. The third-order valence-corrected chi connectivity index (χ3v) is 5.61. The van der Waals surface area contributed by atoms with Crippen LogP contribution in [0.1, 0.15) is 23.4 Å². The average Bonchev–Trinajstić information content (AvgIpc) is 3.14. The van der Waals surface area contributed by atoms with Gasteiger partial charge in [-0.15, -0.1) is 0 Å². The molecule has 0 aliphatic carbocycles. The van der Waals surface area contributed by atoms with Crippen molar-refractivity contribution in [1.29, 1.82) is 0 Å². The van der Waals surface area contributed by atoms with Crippen LogP contribution in [0.15, 0.2) is 48.5 Å². The molecule has 0 bridgehead atoms. The third-order valence-electron chi connectivity index (χ3n) is 5.61. The van der Waals surface area contributed by atoms with Crippen LogP contribution in [-0.2, 0) is 24.2 Å². The summed E-state index contributed by atoms with van der Waals surface area (Å²) >= 11 is 0. The molecule has 29 heavy (non-hydrogen) atoms. The number of ether oxygens (including phenoxy) is 1. The number of hydrogen-bond donors (Lipinski definition) is 1. The van der Waals surface area contributed by atoms with Crippen molar-refractivity contribution in [1.82, 2.24) is 19.9 Å². The summed E-state index contributed by atoms with van der Waals surface area (Å²) in [4.78, 5) is 27.6. The van der Waals surface area contributed by atoms with Gasteiger partial charge in [-0.05, 0) is 18.2 Å². The zero-order valence-electron chi connectivity index (χ0n) is 16.3. The summed E-state index contributed by atoms with van der Waals surface area (Å²) in [6.45, 7) is 1.39. The molecule has 0 fully saturated rings. The van der Waals surface area contributed by atoms with Crippen molar-refractivity contribution < 1.29 is 9.53 Å². The Balaban J connectivity index is 1.33. The van der Waals surface area contributed by atoms with Gasteiger partial charge in [-0.25, -0.2) is 9.97 Å². The summed E-state index contributed by atoms with van der Waals surface area (Å²) in [6.07, 6.45) is 1.76. The molecule has 2 aromatic carbocycles. The second-order valence-electron chi connectivity index (χ2n) is 7.36. The fourth-order valence-corrected chi connectivity index (χ4v) is 4.11. The first-order valence-corrected chi connectivity index (χ1v) is 9.89. The van der Waals surface area contributed by atoms with Gasteiger partial charge in [-0.3, -0.25) is 4.79 Å². The Morgan fingerprint density at radius 3 is 2.69 bits per heavy atom. The molecular formula is C23H22N4O2. The number of rotatable bonds is 4. The number of aromatic amines is 1. The van der Waals surface area contributed by atoms with E-state index in [2.05, 4.69) is 27.1 Å². The Hall–Kier alpha value is -3.41. The van der Waals surface area contributed by atoms with E-state index in [9.17, 15) is 4.79 Å². The molecule has 0 spiro atoms. The molecule has 4 aromatic rings. The highest BCUT2D eigenvalue weighted by Crippen LogP contribution is 2.28. The second kappa shape index (κ2) is 7.20. The number of fused-ring (bicyclic) bond motifs is 4. The smallest absolute Gasteiger partial charge is 0.235 e. The van der Waals surface area contributed by atoms with Gasteiger partial charge in [0.15, 0.2) is 0 Å². The summed E-state index contributed by atoms with van der Waals surface area (Å²) in [7, 11) is 1.59. The fraction of sp³-hybridized carbons (Fsp3) is 0.261. The summed E-state index contributed by atoms with van der Waals surface area (Å²) in [6, 6.07) is 16.0. The monoisotopic (exact) mass is 386 g/mol. The van der Waals surface area contributed by atoms with E-state index >= 15 is 0 Å². The molecular weight excluding hydrogens is 364 g/mol. The van der Waals surface area contributed by atoms with Crippen molar-refractivity contribution in [2.24, 2.45) is 0 Å². The molecule has 0 saturated carbocycles. The lowest BCUT2D eigenvalue weighted by atomic mass is 10.0. The van der Waals surface area contributed by atoms with Crippen LogP contribution >= 0.6 is 0 Å². The molecule has 5 rings (SSSR count). The number of carbonyl (C=O) groups is 1. The number of aryl methyl sites for hydroxylation is 1. The summed E-state index contributed by atoms with van der Waals surface area (Å²) < 4.78 is 5.41. The quantitative estimate of drug-likeness (QED) is 0.581. The maximum Gasteiger partial charge on any atom is 0.235 e. The molecule has 1 amide bonds. The van der Waals surface area contributed by atoms with Gasteiger partial charge in [-0.1, -0.05) is 30.3 Å². The first kappa shape index (κ1) is 17.7. The van der Waals surface area contributed by atoms with E-state index in [0.717, 1.165) is 35.2 Å². The minimum Gasteiger partial charge on any atom is -0.480 e. The second-order valence-corrected chi connectivity index (χ2v) is 7.36. The molecule has 1 N–H and O–H groups in total. The van der Waals surface area contributed by atoms with Crippen LogP contribution in [0.25, 0.3) is 21.9 Å². The summed E-state index contributed by atoms with van der Waals surface area (Å²) in [5, 5.41) is 1.21. The standard InChI is InChI=1S/C23H22N4O2/c1-29-23-21(25-19-8-4-5-9-20(19)26-23)10-11-22(28)27-13-12-18-16(14-27)15-6-2-3-7-17(15)24-18/h2-9,24H,10-14H2,1H3. The topological polar surface area (TPSA) is 71.1 Å². The molecule has 146 valence electrons. The van der Waals surface area contributed by atoms with Gasteiger partial charge >= 0.3 is 0 Å². The van der Waals surface area contributed by atoms with E-state index in [1.54, 1.807) is 7.11 Å². The molecule has 6 nitrogen and oxygen atoms in total. The number of methoxy groups -OCH3 is 1. The number of aromatic nitrogens is 3. The van der Waals surface area contributed by atoms with Crippen LogP contribution in [0.3, 0.4) is 0 Å². The molecule has 0 radical (unpaired) electrons. The molecule has 0 atom stereocenters. The molecule has 1 aliphatic heterocycles. The van der Waals surface area contributed by atoms with Gasteiger partial charge in [0, 0.05) is 54.5 Å². The average molecular weight is 386 g/mol. The molecule has 2 aromatic heterocycles. The molecule has 6 heteroatoms. The number of amides is 1. The lowest BCUT2D eigenvalue weighted by Crippen LogP contribution is -2.36. The lowest BCUT2D eigenvalue weighted by molar-refractivity contribution is -0.132. The van der Waals surface area contributed by atoms with Gasteiger partial charge in [0.2, 0.25) is 11.8 Å². The summed E-state index contributed by atoms with van der Waals surface area (Å²) in [5.74, 6) is 0.631. The largest absolute Gasteiger partial charge is 0.480 e. The van der Waals surface area contributed by atoms with Crippen molar-refractivity contribution >= 4 is 27.8 Å². The SMILES string of the molecule is COc1nc2ccccc2nc1CCC(=O)N1CCc2[nH]c3ccccc3c2C1. The predicted octanol–water partition coefficient (Wildman–Crippen LogP) is 3.64. The summed E-state index contributed by atoms with van der Waals surface area (Å²) in [5.41, 5.74) is 5.97. The highest BCUT2D eigenvalue weighted by molar-refractivity contribution is 5.86. The number of nitrogens with one attached hydrogen (secondary N) is 1. The van der Waals surface area contributed by atoms with Crippen LogP contribution in [-0.4, -0.2) is 39.4 Å². The number of carbonyl (C=O) groups excluding carboxylic acids is 1. The Morgan fingerprint density at radius 2 is 1.86 bits per heavy atom. The van der Waals surface area contributed by atoms with E-state index in [4.69, 9.17) is 4.74 Å².